The number of carbonyl (C=O) groups is 2. The number of alkyl halides is 2. The molecule has 0 radical (unpaired) electrons. The monoisotopic (exact) mass is 739 g/mol. The Morgan fingerprint density at radius 2 is 1.44 bits per heavy atom. The summed E-state index contributed by atoms with van der Waals surface area (Å²) in [6, 6.07) is 6.23. The number of rotatable bonds is 13. The fraction of sp³-hybridized carbons (Fsp3) is 0.680. The fourth-order valence-electron chi connectivity index (χ4n) is 4.75. The number of amides is 2. The number of nitrogens with zero attached hydrogens (tertiary/aromatic N) is 3. The molecule has 0 bridgehead atoms. The molecule has 1 fully saturated rings. The summed E-state index contributed by atoms with van der Waals surface area (Å²) in [5, 5.41) is 6.60. The third-order valence-corrected chi connectivity index (χ3v) is 11.5. The minimum Gasteiger partial charge on any atom is -1.00 e. The van der Waals surface area contributed by atoms with Gasteiger partial charge in [0.2, 0.25) is 5.91 Å². The summed E-state index contributed by atoms with van der Waals surface area (Å²) >= 11 is 12.2. The van der Waals surface area contributed by atoms with E-state index in [1.807, 2.05) is 0 Å². The van der Waals surface area contributed by atoms with Gasteiger partial charge in [0.05, 0.1) is 17.8 Å². The number of nitrogens with two attached hydrogens (primary N) is 1. The molecule has 2 amide bonds. The van der Waals surface area contributed by atoms with Crippen LogP contribution in [0.5, 0.6) is 0 Å². The van der Waals surface area contributed by atoms with Crippen LogP contribution in [0, 0.1) is 0 Å². The molecule has 0 aliphatic carbocycles. The van der Waals surface area contributed by atoms with Crippen LogP contribution in [0.15, 0.2) is 24.3 Å². The van der Waals surface area contributed by atoms with E-state index >= 15 is 0 Å². The predicted molar refractivity (Wildman–Crippen MR) is 166 cm³/mol. The Labute approximate surface area is 321 Å². The van der Waals surface area contributed by atoms with E-state index in [0.29, 0.717) is 5.69 Å². The van der Waals surface area contributed by atoms with Gasteiger partial charge < -0.3 is 42.9 Å². The molecule has 250 valence electrons. The first-order valence-electron chi connectivity index (χ1n) is 13.6. The molecular formula is C25H45Cl2N4Na2O10P2+. The standard InChI is InChI=1S/C25H42Cl2N4O10P2.2Na.2H/c1-24(2,3)41-23(33)31(16-9-26,17-10-27)20-6-4-19(5-7-20)18-21(28)22(32)30-14-12-29(13-15-30)11-8-25(34,42(35,36)37)43(38,39)40;;;;/h4-7,21,34H,8-18,28H2,1-3H3,(H3-,35,36,37,38,39,40);;;;/q;2*+1;2*-1/p+1/t21-;;;;/m0..../s1. The van der Waals surface area contributed by atoms with Crippen molar-refractivity contribution in [3.05, 3.63) is 29.8 Å². The van der Waals surface area contributed by atoms with Crippen LogP contribution in [0.25, 0.3) is 0 Å². The summed E-state index contributed by atoms with van der Waals surface area (Å²) in [6.45, 7) is 6.61. The summed E-state index contributed by atoms with van der Waals surface area (Å²) in [4.78, 5) is 66.8. The minimum atomic E-state index is -5.54. The Morgan fingerprint density at radius 3 is 1.84 bits per heavy atom. The van der Waals surface area contributed by atoms with Crippen molar-refractivity contribution in [2.45, 2.75) is 50.3 Å². The van der Waals surface area contributed by atoms with E-state index in [4.69, 9.17) is 33.7 Å². The third-order valence-electron chi connectivity index (χ3n) is 7.26. The zero-order valence-electron chi connectivity index (χ0n) is 28.5. The number of piperazine rings is 1. The number of hydrogen-bond donors (Lipinski definition) is 6. The van der Waals surface area contributed by atoms with Gasteiger partial charge in [-0.25, -0.2) is 0 Å². The Morgan fingerprint density at radius 1 is 0.978 bits per heavy atom. The van der Waals surface area contributed by atoms with Crippen molar-refractivity contribution < 1.29 is 110 Å². The molecule has 1 heterocycles. The van der Waals surface area contributed by atoms with Gasteiger partial charge in [-0.1, -0.05) is 12.1 Å². The van der Waals surface area contributed by atoms with E-state index in [1.54, 1.807) is 54.8 Å². The summed E-state index contributed by atoms with van der Waals surface area (Å²) in [6.07, 6.45) is -1.11. The zero-order chi connectivity index (χ0) is 32.9. The maximum absolute atomic E-state index is 13.3. The average Bonchev–Trinajstić information content (AvgIpc) is 2.89. The first kappa shape index (κ1) is 45.9. The summed E-state index contributed by atoms with van der Waals surface area (Å²) in [5.74, 6) is 0.0751. The van der Waals surface area contributed by atoms with Crippen molar-refractivity contribution in [2.24, 2.45) is 5.73 Å². The quantitative estimate of drug-likeness (QED) is 0.0496. The maximum Gasteiger partial charge on any atom is 1.00 e. The van der Waals surface area contributed by atoms with Gasteiger partial charge in [0.1, 0.15) is 24.4 Å². The normalized spacial score (nSPS) is 15.9. The molecule has 1 aromatic rings. The Hall–Kier alpha value is 0.880. The van der Waals surface area contributed by atoms with Crippen LogP contribution in [0.1, 0.15) is 35.6 Å². The van der Waals surface area contributed by atoms with Crippen molar-refractivity contribution in [3.8, 4) is 0 Å². The van der Waals surface area contributed by atoms with Gasteiger partial charge in [-0.3, -0.25) is 18.8 Å². The Bertz CT molecular complexity index is 1190. The number of aliphatic hydroxyl groups is 1. The SMILES string of the molecule is CC(C)(C)OC(=O)[N+](CCCl)(CCCl)c1ccc(C[C@H](N)C(=O)N2CCN(CCC(O)(P(=O)(O)O)P(=O)(O)O)CC2)cc1.[H-].[H-].[Na+].[Na+]. The molecule has 0 saturated carbocycles. The second kappa shape index (κ2) is 18.8. The van der Waals surface area contributed by atoms with E-state index in [1.165, 1.54) is 0 Å². The van der Waals surface area contributed by atoms with E-state index in [0.717, 1.165) is 5.56 Å². The summed E-state index contributed by atoms with van der Waals surface area (Å²) < 4.78 is 28.7. The molecule has 0 unspecified atom stereocenters. The molecule has 1 saturated heterocycles. The number of benzene rings is 1. The fourth-order valence-corrected chi connectivity index (χ4v) is 7.47. The van der Waals surface area contributed by atoms with Gasteiger partial charge in [-0.15, -0.1) is 23.2 Å². The molecule has 1 atom stereocenters. The molecule has 0 spiro atoms. The largest absolute Gasteiger partial charge is 1.00 e. The van der Waals surface area contributed by atoms with E-state index in [-0.39, 0.29) is 136 Å². The van der Waals surface area contributed by atoms with Gasteiger partial charge in [0.25, 0.3) is 5.08 Å². The van der Waals surface area contributed by atoms with Gasteiger partial charge in [-0.2, -0.15) is 9.28 Å². The third kappa shape index (κ3) is 12.3. The van der Waals surface area contributed by atoms with E-state index < -0.39 is 44.4 Å². The van der Waals surface area contributed by atoms with Crippen LogP contribution in [-0.2, 0) is 25.1 Å². The van der Waals surface area contributed by atoms with Crippen LogP contribution < -0.4 is 69.3 Å². The van der Waals surface area contributed by atoms with Crippen LogP contribution >= 0.6 is 38.4 Å². The van der Waals surface area contributed by atoms with Gasteiger partial charge >= 0.3 is 80.4 Å². The van der Waals surface area contributed by atoms with Crippen molar-refractivity contribution in [3.63, 3.8) is 0 Å². The first-order valence-corrected chi connectivity index (χ1v) is 17.9. The summed E-state index contributed by atoms with van der Waals surface area (Å²) in [5.41, 5.74) is 6.92. The Kier molecular flexibility index (Phi) is 19.1. The van der Waals surface area contributed by atoms with E-state index in [2.05, 4.69) is 0 Å². The zero-order valence-corrected chi connectivity index (χ0v) is 33.8. The van der Waals surface area contributed by atoms with Crippen molar-refractivity contribution >= 4 is 56.1 Å². The molecule has 0 aromatic heterocycles. The molecule has 1 aromatic carbocycles. The van der Waals surface area contributed by atoms with Gasteiger partial charge in [0, 0.05) is 51.3 Å². The van der Waals surface area contributed by atoms with E-state index in [9.17, 15) is 43.4 Å². The molecule has 45 heavy (non-hydrogen) atoms. The van der Waals surface area contributed by atoms with Crippen molar-refractivity contribution in [1.82, 2.24) is 14.3 Å². The number of ether oxygens (including phenoxy) is 1. The van der Waals surface area contributed by atoms with Crippen LogP contribution in [0.2, 0.25) is 0 Å². The smallest absolute Gasteiger partial charge is 1.00 e. The molecule has 20 heteroatoms. The van der Waals surface area contributed by atoms with Crippen LogP contribution in [0.4, 0.5) is 10.5 Å². The molecule has 1 aliphatic rings. The molecule has 2 rings (SSSR count). The topological polar surface area (TPSA) is 211 Å². The molecule has 1 aliphatic heterocycles. The second-order valence-electron chi connectivity index (χ2n) is 11.5. The number of halogens is 2. The van der Waals surface area contributed by atoms with Crippen molar-refractivity contribution in [2.75, 3.05) is 57.6 Å². The second-order valence-corrected chi connectivity index (χ2v) is 16.3. The maximum atomic E-state index is 13.3. The average molecular weight is 740 g/mol. The minimum absolute atomic E-state index is 0. The molecular weight excluding hydrogens is 695 g/mol. The summed E-state index contributed by atoms with van der Waals surface area (Å²) in [7, 11) is -11.1. The van der Waals surface area contributed by atoms with Crippen LogP contribution in [0.3, 0.4) is 0 Å². The Balaban J connectivity index is -0.00000484. The van der Waals surface area contributed by atoms with Gasteiger partial charge in [-0.05, 0) is 32.8 Å². The van der Waals surface area contributed by atoms with Crippen LogP contribution in [-0.4, -0.2) is 121 Å². The van der Waals surface area contributed by atoms with Crippen molar-refractivity contribution in [1.29, 1.82) is 0 Å². The predicted octanol–water partition coefficient (Wildman–Crippen LogP) is -3.95. The number of carbonyl (C=O) groups excluding carboxylic acids is 2. The number of hydrogen-bond acceptors (Lipinski definition) is 8. The number of quaternary nitrogens is 1. The molecule has 14 nitrogen and oxygen atoms in total. The molecule has 7 N–H and O–H groups in total. The van der Waals surface area contributed by atoms with Gasteiger partial charge in [0.15, 0.2) is 0 Å². The first-order chi connectivity index (χ1) is 19.7.